The molecule has 0 N–H and O–H groups in total. The maximum absolute atomic E-state index is 13.5. The van der Waals surface area contributed by atoms with Crippen LogP contribution in [0.4, 0.5) is 9.18 Å². The van der Waals surface area contributed by atoms with Gasteiger partial charge in [-0.2, -0.15) is 0 Å². The van der Waals surface area contributed by atoms with Crippen LogP contribution in [0.15, 0.2) is 24.3 Å². The topological polar surface area (TPSA) is 32.8 Å². The molecule has 1 aliphatic heterocycles. The fourth-order valence-corrected chi connectivity index (χ4v) is 2.51. The number of carbonyl (C=O) groups excluding carboxylic acids is 1. The van der Waals surface area contributed by atoms with Crippen molar-refractivity contribution in [3.8, 4) is 0 Å². The van der Waals surface area contributed by atoms with Gasteiger partial charge in [0.1, 0.15) is 12.4 Å². The molecule has 0 bridgehead atoms. The summed E-state index contributed by atoms with van der Waals surface area (Å²) in [7, 11) is 0. The van der Waals surface area contributed by atoms with Crippen LogP contribution in [0.1, 0.15) is 24.8 Å². The van der Waals surface area contributed by atoms with Gasteiger partial charge in [0.15, 0.2) is 0 Å². The van der Waals surface area contributed by atoms with E-state index in [1.165, 1.54) is 6.07 Å². The summed E-state index contributed by atoms with van der Waals surface area (Å²) >= 11 is 0. The normalized spacial score (nSPS) is 15.8. The van der Waals surface area contributed by atoms with Crippen LogP contribution in [-0.4, -0.2) is 48.6 Å². The average Bonchev–Trinajstić information content (AvgIpc) is 2.55. The number of hydrogen-bond donors (Lipinski definition) is 0. The molecule has 0 unspecified atom stereocenters. The first-order valence-electron chi connectivity index (χ1n) is 7.87. The molecule has 121 valence electrons. The van der Waals surface area contributed by atoms with Crippen LogP contribution in [0, 0.1) is 12.7 Å². The zero-order chi connectivity index (χ0) is 15.8. The zero-order valence-electron chi connectivity index (χ0n) is 13.0. The molecule has 0 saturated carbocycles. The maximum Gasteiger partial charge on any atom is 0.410 e. The van der Waals surface area contributed by atoms with Crippen LogP contribution < -0.4 is 0 Å². The molecule has 1 radical (unpaired) electrons. The summed E-state index contributed by atoms with van der Waals surface area (Å²) in [5, 5.41) is 0. The monoisotopic (exact) mass is 307 g/mol. The van der Waals surface area contributed by atoms with Crippen LogP contribution in [0.3, 0.4) is 0 Å². The molecule has 0 aromatic heterocycles. The van der Waals surface area contributed by atoms with Crippen molar-refractivity contribution in [3.05, 3.63) is 42.6 Å². The fourth-order valence-electron chi connectivity index (χ4n) is 2.51. The Morgan fingerprint density at radius 1 is 1.18 bits per heavy atom. The molecule has 0 atom stereocenters. The number of rotatable bonds is 6. The second-order valence-electron chi connectivity index (χ2n) is 5.54. The number of amides is 1. The van der Waals surface area contributed by atoms with E-state index in [9.17, 15) is 9.18 Å². The van der Waals surface area contributed by atoms with E-state index >= 15 is 0 Å². The molecule has 4 nitrogen and oxygen atoms in total. The molecule has 5 heteroatoms. The number of piperazine rings is 1. The first-order valence-corrected chi connectivity index (χ1v) is 7.87. The van der Waals surface area contributed by atoms with Gasteiger partial charge < -0.3 is 9.64 Å². The Labute approximate surface area is 131 Å². The second-order valence-corrected chi connectivity index (χ2v) is 5.54. The molecule has 1 aromatic carbocycles. The quantitative estimate of drug-likeness (QED) is 0.757. The predicted octanol–water partition coefficient (Wildman–Crippen LogP) is 3.08. The summed E-state index contributed by atoms with van der Waals surface area (Å²) < 4.78 is 18.7. The summed E-state index contributed by atoms with van der Waals surface area (Å²) in [6.45, 7) is 7.95. The van der Waals surface area contributed by atoms with Gasteiger partial charge in [-0.15, -0.1) is 0 Å². The fraction of sp³-hybridized carbons (Fsp3) is 0.529. The molecule has 2 rings (SSSR count). The van der Waals surface area contributed by atoms with E-state index in [0.29, 0.717) is 18.7 Å². The van der Waals surface area contributed by atoms with Crippen LogP contribution in [0.2, 0.25) is 0 Å². The number of halogens is 1. The number of nitrogens with zero attached hydrogens (tertiary/aromatic N) is 2. The highest BCUT2D eigenvalue weighted by atomic mass is 19.1. The highest BCUT2D eigenvalue weighted by Gasteiger charge is 2.21. The van der Waals surface area contributed by atoms with Gasteiger partial charge in [-0.3, -0.25) is 4.90 Å². The number of carbonyl (C=O) groups is 1. The van der Waals surface area contributed by atoms with Crippen LogP contribution in [-0.2, 0) is 11.3 Å². The van der Waals surface area contributed by atoms with E-state index in [2.05, 4.69) is 11.8 Å². The molecule has 1 aromatic rings. The molecule has 0 aliphatic carbocycles. The SMILES string of the molecule is [CH2]CCCCN1CCN(C(=O)OCc2ccccc2F)CC1. The number of unbranched alkanes of at least 4 members (excludes halogenated alkanes) is 2. The van der Waals surface area contributed by atoms with Gasteiger partial charge in [0.05, 0.1) is 0 Å². The molecule has 1 aliphatic rings. The van der Waals surface area contributed by atoms with Crippen LogP contribution in [0.25, 0.3) is 0 Å². The predicted molar refractivity (Wildman–Crippen MR) is 83.8 cm³/mol. The number of ether oxygens (including phenoxy) is 1. The van der Waals surface area contributed by atoms with Crippen molar-refractivity contribution >= 4 is 6.09 Å². The van der Waals surface area contributed by atoms with Crippen molar-refractivity contribution in [3.63, 3.8) is 0 Å². The van der Waals surface area contributed by atoms with E-state index in [1.54, 1.807) is 23.1 Å². The summed E-state index contributed by atoms with van der Waals surface area (Å²) in [4.78, 5) is 16.1. The third-order valence-electron chi connectivity index (χ3n) is 3.91. The standard InChI is InChI=1S/C17H24FN2O2/c1-2-3-6-9-19-10-12-20(13-11-19)17(21)22-14-15-7-4-5-8-16(15)18/h4-5,7-8H,1-3,6,9-14H2. The largest absolute Gasteiger partial charge is 0.444 e. The molecular weight excluding hydrogens is 283 g/mol. The van der Waals surface area contributed by atoms with Crippen LogP contribution >= 0.6 is 0 Å². The molecule has 1 heterocycles. The Balaban J connectivity index is 1.70. The highest BCUT2D eigenvalue weighted by molar-refractivity contribution is 5.67. The van der Waals surface area contributed by atoms with Crippen molar-refractivity contribution in [2.75, 3.05) is 32.7 Å². The Morgan fingerprint density at radius 2 is 1.91 bits per heavy atom. The van der Waals surface area contributed by atoms with E-state index in [4.69, 9.17) is 4.74 Å². The van der Waals surface area contributed by atoms with E-state index < -0.39 is 0 Å². The minimum Gasteiger partial charge on any atom is -0.444 e. The van der Waals surface area contributed by atoms with E-state index in [-0.39, 0.29) is 18.5 Å². The van der Waals surface area contributed by atoms with Gasteiger partial charge in [-0.05, 0) is 19.0 Å². The molecule has 1 amide bonds. The first kappa shape index (κ1) is 16.7. The average molecular weight is 307 g/mol. The highest BCUT2D eigenvalue weighted by Crippen LogP contribution is 2.10. The minimum atomic E-state index is -0.360. The molecule has 1 fully saturated rings. The number of benzene rings is 1. The first-order chi connectivity index (χ1) is 10.7. The lowest BCUT2D eigenvalue weighted by atomic mass is 10.2. The molecule has 0 spiro atoms. The van der Waals surface area contributed by atoms with Gasteiger partial charge >= 0.3 is 6.09 Å². The third-order valence-corrected chi connectivity index (χ3v) is 3.91. The third kappa shape index (κ3) is 4.98. The van der Waals surface area contributed by atoms with Crippen molar-refractivity contribution in [1.29, 1.82) is 0 Å². The second kappa shape index (κ2) is 8.73. The van der Waals surface area contributed by atoms with Crippen molar-refractivity contribution in [2.24, 2.45) is 0 Å². The number of hydrogen-bond acceptors (Lipinski definition) is 3. The van der Waals surface area contributed by atoms with Gasteiger partial charge in [0.25, 0.3) is 0 Å². The lowest BCUT2D eigenvalue weighted by Crippen LogP contribution is -2.48. The molecular formula is C17H24FN2O2. The van der Waals surface area contributed by atoms with Gasteiger partial charge in [0.2, 0.25) is 0 Å². The van der Waals surface area contributed by atoms with Gasteiger partial charge in [0, 0.05) is 31.7 Å². The summed E-state index contributed by atoms with van der Waals surface area (Å²) in [5.41, 5.74) is 0.405. The van der Waals surface area contributed by atoms with Gasteiger partial charge in [-0.25, -0.2) is 9.18 Å². The Kier molecular flexibility index (Phi) is 6.65. The smallest absolute Gasteiger partial charge is 0.410 e. The van der Waals surface area contributed by atoms with Crippen LogP contribution in [0.5, 0.6) is 0 Å². The Hall–Kier alpha value is -1.62. The van der Waals surface area contributed by atoms with E-state index in [1.807, 2.05) is 0 Å². The summed E-state index contributed by atoms with van der Waals surface area (Å²) in [5.74, 6) is -0.342. The zero-order valence-corrected chi connectivity index (χ0v) is 13.0. The molecule has 22 heavy (non-hydrogen) atoms. The van der Waals surface area contributed by atoms with E-state index in [0.717, 1.165) is 38.9 Å². The lowest BCUT2D eigenvalue weighted by Gasteiger charge is -2.34. The van der Waals surface area contributed by atoms with Gasteiger partial charge in [-0.1, -0.05) is 38.0 Å². The Bertz CT molecular complexity index is 473. The lowest BCUT2D eigenvalue weighted by molar-refractivity contribution is 0.0707. The summed E-state index contributed by atoms with van der Waals surface area (Å²) in [6, 6.07) is 6.35. The van der Waals surface area contributed by atoms with Crippen molar-refractivity contribution in [2.45, 2.75) is 25.9 Å². The summed E-state index contributed by atoms with van der Waals surface area (Å²) in [6.07, 6.45) is 2.91. The van der Waals surface area contributed by atoms with Crippen molar-refractivity contribution < 1.29 is 13.9 Å². The molecule has 1 saturated heterocycles. The van der Waals surface area contributed by atoms with Crippen molar-refractivity contribution in [1.82, 2.24) is 9.80 Å². The Morgan fingerprint density at radius 3 is 2.59 bits per heavy atom. The maximum atomic E-state index is 13.5. The minimum absolute atomic E-state index is 0.0186.